The smallest absolute Gasteiger partial charge is 0.195 e. The Hall–Kier alpha value is -8.59. The van der Waals surface area contributed by atoms with E-state index in [2.05, 4.69) is 315 Å². The first kappa shape index (κ1) is 90.2. The van der Waals surface area contributed by atoms with E-state index < -0.39 is 74.0 Å². The fourth-order valence-corrected chi connectivity index (χ4v) is 18.1. The van der Waals surface area contributed by atoms with Crippen LogP contribution in [-0.2, 0) is 43.3 Å². The molecule has 0 amide bonds. The maximum atomic E-state index is 17.6. The van der Waals surface area contributed by atoms with Crippen molar-refractivity contribution >= 4 is 26.5 Å². The van der Waals surface area contributed by atoms with Gasteiger partial charge in [0.15, 0.2) is 34.9 Å². The van der Waals surface area contributed by atoms with Gasteiger partial charge in [0.05, 0.1) is 40.5 Å². The molecule has 11 rings (SSSR count). The second-order valence-corrected chi connectivity index (χ2v) is 54.4. The normalized spacial score (nSPS) is 15.1. The van der Waals surface area contributed by atoms with Crippen LogP contribution in [0.2, 0.25) is 39.3 Å². The lowest BCUT2D eigenvalue weighted by atomic mass is 9.77. The van der Waals surface area contributed by atoms with Gasteiger partial charge in [0, 0.05) is 34.4 Å². The van der Waals surface area contributed by atoms with E-state index in [-0.39, 0.29) is 90.7 Å². The molecule has 628 valence electrons. The van der Waals surface area contributed by atoms with Gasteiger partial charge in [-0.2, -0.15) is 0 Å². The van der Waals surface area contributed by atoms with E-state index in [9.17, 15) is 10.2 Å². The summed E-state index contributed by atoms with van der Waals surface area (Å²) < 4.78 is 114. The maximum absolute atomic E-state index is 17.6. The minimum atomic E-state index is -2.46. The number of phenols is 2. The summed E-state index contributed by atoms with van der Waals surface area (Å²) in [4.78, 5) is 0. The van der Waals surface area contributed by atoms with E-state index in [1.807, 2.05) is 12.1 Å². The van der Waals surface area contributed by atoms with Crippen LogP contribution in [0.4, 0.5) is 26.3 Å². The number of hydrogen-bond donors (Lipinski definition) is 2. The molecule has 118 heavy (non-hydrogen) atoms. The van der Waals surface area contributed by atoms with E-state index in [0.29, 0.717) is 35.1 Å². The molecule has 0 aromatic heterocycles. The van der Waals surface area contributed by atoms with Gasteiger partial charge >= 0.3 is 0 Å². The van der Waals surface area contributed by atoms with E-state index in [1.165, 1.54) is 0 Å². The Labute approximate surface area is 704 Å². The number of benzene rings is 10. The van der Waals surface area contributed by atoms with Crippen LogP contribution in [0.3, 0.4) is 0 Å². The molecule has 1 aliphatic carbocycles. The Bertz CT molecular complexity index is 4840. The number of aromatic hydroxyl groups is 2. The molecule has 4 nitrogen and oxygen atoms in total. The summed E-state index contributed by atoms with van der Waals surface area (Å²) in [6, 6.07) is 48.8. The minimum Gasteiger partial charge on any atom is -0.507 e. The SMILES string of the molecule is CC(C)(C)c1cc(-c2cc(-c3cc(C(C)(C)C)cc(C(C)(C)C)c3)cc(-c3cc([Si](C)(C)C)cc(-c4c(OC[C@H]5CCCC[C@H]5COc5cc(F)c(F)c(F)c5-c5cc([Si](C)(C)C)cc(-c6cc(-c7cc(C(C)(C)C)cc(C(C)(C)C)c7)cc(-c7cc(C(C)(C)C)cc(C(C)(C)C)c7)c6)c5O)cc(F)c(F)c4F)c3O)c2)cc(C(C)(C)C)c1. The molecule has 1 aliphatic rings. The molecular formula is C106H130F6O4Si2. The molecule has 10 aromatic rings. The van der Waals surface area contributed by atoms with Crippen molar-refractivity contribution in [2.75, 3.05) is 13.2 Å². The van der Waals surface area contributed by atoms with E-state index in [0.717, 1.165) is 124 Å². The second-order valence-electron chi connectivity index (χ2n) is 44.3. The van der Waals surface area contributed by atoms with Crippen LogP contribution >= 0.6 is 0 Å². The Morgan fingerprint density at radius 3 is 0.686 bits per heavy atom. The number of rotatable bonds is 16. The number of phenolic OH excluding ortho intramolecular Hbond substituents is 2. The van der Waals surface area contributed by atoms with Gasteiger partial charge in [-0.15, -0.1) is 0 Å². The summed E-state index contributed by atoms with van der Waals surface area (Å²) in [7, 11) is -4.93. The first-order valence-electron chi connectivity index (χ1n) is 42.4. The molecule has 0 radical (unpaired) electrons. The molecule has 12 heteroatoms. The highest BCUT2D eigenvalue weighted by molar-refractivity contribution is 6.89. The van der Waals surface area contributed by atoms with Gasteiger partial charge in [0.1, 0.15) is 23.0 Å². The Morgan fingerprint density at radius 1 is 0.271 bits per heavy atom. The number of ether oxygens (including phenoxy) is 2. The van der Waals surface area contributed by atoms with E-state index >= 15 is 26.3 Å². The van der Waals surface area contributed by atoms with Gasteiger partial charge < -0.3 is 19.7 Å². The third kappa shape index (κ3) is 19.7. The standard InChI is InChI=1S/C106H130F6O4Si2/c1-99(2,3)73-41-67(42-74(49-73)100(4,5)6)63-35-64(68-43-75(101(7,8)9)50-76(44-68)102(10,11)12)38-71(37-63)83-53-81(117(25,26)27)55-85(97(83)113)91-89(57-87(107)93(109)95(91)111)115-59-61-33-31-32-34-62(61)60-116-90-58-88(108)94(110)96(112)92(90)86-56-82(118(28,29)30)54-84(98(86)114)72-39-65(69-45-77(103(13,14)15)51-78(46-69)104(16,17)18)36-66(40-72)70-47-79(105(19,20)21)52-80(48-70)106(22,23)24/h35-58,61-62,113-114H,31-34,59-60H2,1-30H3/t61-,62+. The lowest BCUT2D eigenvalue weighted by Gasteiger charge is -2.32. The molecule has 0 unspecified atom stereocenters. The second kappa shape index (κ2) is 32.1. The third-order valence-electron chi connectivity index (χ3n) is 24.2. The van der Waals surface area contributed by atoms with Crippen molar-refractivity contribution in [2.45, 2.75) is 274 Å². The molecule has 1 fully saturated rings. The largest absolute Gasteiger partial charge is 0.507 e. The third-order valence-corrected chi connectivity index (χ3v) is 28.2. The van der Waals surface area contributed by atoms with E-state index in [1.54, 1.807) is 12.1 Å². The zero-order valence-electron chi connectivity index (χ0n) is 76.2. The van der Waals surface area contributed by atoms with Crippen molar-refractivity contribution in [3.05, 3.63) is 225 Å². The molecule has 0 bridgehead atoms. The molecule has 0 saturated heterocycles. The topological polar surface area (TPSA) is 58.9 Å². The molecule has 0 heterocycles. The number of hydrogen-bond acceptors (Lipinski definition) is 4. The molecule has 0 spiro atoms. The van der Waals surface area contributed by atoms with Crippen LogP contribution in [-0.4, -0.2) is 39.6 Å². The van der Waals surface area contributed by atoms with Crippen LogP contribution in [0.25, 0.3) is 89.0 Å². The van der Waals surface area contributed by atoms with Crippen LogP contribution in [0, 0.1) is 46.7 Å². The van der Waals surface area contributed by atoms with Crippen LogP contribution < -0.4 is 19.8 Å². The molecular weight excluding hydrogens is 1510 g/mol. The molecule has 2 N–H and O–H groups in total. The van der Waals surface area contributed by atoms with Crippen molar-refractivity contribution in [2.24, 2.45) is 11.8 Å². The quantitative estimate of drug-likeness (QED) is 0.0575. The highest BCUT2D eigenvalue weighted by Gasteiger charge is 2.36. The molecule has 1 saturated carbocycles. The average molecular weight is 1640 g/mol. The van der Waals surface area contributed by atoms with Gasteiger partial charge in [-0.1, -0.05) is 326 Å². The Balaban J connectivity index is 1.02. The maximum Gasteiger partial charge on any atom is 0.195 e. The zero-order chi connectivity index (χ0) is 87.6. The van der Waals surface area contributed by atoms with Crippen molar-refractivity contribution in [1.29, 1.82) is 0 Å². The minimum absolute atomic E-state index is 0.0712. The summed E-state index contributed by atoms with van der Waals surface area (Å²) >= 11 is 0. The van der Waals surface area contributed by atoms with Gasteiger partial charge in [-0.3, -0.25) is 0 Å². The highest BCUT2D eigenvalue weighted by Crippen LogP contribution is 2.51. The van der Waals surface area contributed by atoms with Gasteiger partial charge in [0.25, 0.3) is 0 Å². The first-order chi connectivity index (χ1) is 54.1. The fraction of sp³-hybridized carbons (Fsp3) is 0.434. The van der Waals surface area contributed by atoms with Crippen molar-refractivity contribution < 1.29 is 46.0 Å². The van der Waals surface area contributed by atoms with Crippen LogP contribution in [0.5, 0.6) is 23.0 Å². The van der Waals surface area contributed by atoms with Crippen LogP contribution in [0.1, 0.15) is 236 Å². The van der Waals surface area contributed by atoms with E-state index in [4.69, 9.17) is 9.47 Å². The molecule has 0 aliphatic heterocycles. The monoisotopic (exact) mass is 1640 g/mol. The predicted octanol–water partition coefficient (Wildman–Crippen LogP) is 30.0. The van der Waals surface area contributed by atoms with Crippen LogP contribution in [0.15, 0.2) is 146 Å². The summed E-state index contributed by atoms with van der Waals surface area (Å²) in [6.07, 6.45) is 2.55. The lowest BCUT2D eigenvalue weighted by molar-refractivity contribution is 0.105. The summed E-state index contributed by atoms with van der Waals surface area (Å²) in [5.74, 6) is -11.7. The molecule has 10 aromatic carbocycles. The Morgan fingerprint density at radius 2 is 0.475 bits per heavy atom. The first-order valence-corrected chi connectivity index (χ1v) is 49.4. The van der Waals surface area contributed by atoms with Gasteiger partial charge in [-0.25, -0.2) is 26.3 Å². The van der Waals surface area contributed by atoms with Crippen molar-refractivity contribution in [1.82, 2.24) is 0 Å². The highest BCUT2D eigenvalue weighted by atomic mass is 28.3. The summed E-state index contributed by atoms with van der Waals surface area (Å²) in [6.45, 7) is 65.5. The zero-order valence-corrected chi connectivity index (χ0v) is 78.2. The summed E-state index contributed by atoms with van der Waals surface area (Å²) in [5, 5.41) is 28.1. The Kier molecular flexibility index (Phi) is 24.5. The predicted molar refractivity (Wildman–Crippen MR) is 491 cm³/mol. The summed E-state index contributed by atoms with van der Waals surface area (Å²) in [5.41, 5.74) is 15.9. The fourth-order valence-electron chi connectivity index (χ4n) is 15.8. The van der Waals surface area contributed by atoms with Crippen molar-refractivity contribution in [3.8, 4) is 112 Å². The number of halogens is 6. The van der Waals surface area contributed by atoms with Gasteiger partial charge in [-0.05, 0) is 205 Å². The lowest BCUT2D eigenvalue weighted by Crippen LogP contribution is -2.37. The molecule has 2 atom stereocenters. The van der Waals surface area contributed by atoms with Gasteiger partial charge in [0.2, 0.25) is 0 Å². The van der Waals surface area contributed by atoms with Crippen molar-refractivity contribution in [3.63, 3.8) is 0 Å². The average Bonchev–Trinajstić information content (AvgIpc) is 0.752.